The first-order chi connectivity index (χ1) is 38.7. The molecule has 4 heterocycles. The highest BCUT2D eigenvalue weighted by Crippen LogP contribution is 2.34. The third-order valence-corrected chi connectivity index (χ3v) is 16.2. The largest absolute Gasteiger partial charge is 0.491 e. The molecule has 1 aromatic heterocycles. The zero-order valence-electron chi connectivity index (χ0n) is 45.3. The van der Waals surface area contributed by atoms with Crippen LogP contribution in [0.3, 0.4) is 0 Å². The number of aliphatic hydroxyl groups excluding tert-OH is 1. The van der Waals surface area contributed by atoms with Crippen molar-refractivity contribution in [3.8, 4) is 16.2 Å². The summed E-state index contributed by atoms with van der Waals surface area (Å²) in [7, 11) is 0. The smallest absolute Gasteiger partial charge is 0.255 e. The van der Waals surface area contributed by atoms with E-state index in [0.717, 1.165) is 38.0 Å². The molecule has 5 aromatic carbocycles. The number of rotatable bonds is 22. The molecular formula is C61H69N9O9S. The zero-order valence-corrected chi connectivity index (χ0v) is 46.1. The lowest BCUT2D eigenvalue weighted by Gasteiger charge is -2.35. The molecule has 0 saturated carbocycles. The Kier molecular flexibility index (Phi) is 18.3. The van der Waals surface area contributed by atoms with Crippen LogP contribution in [0.15, 0.2) is 115 Å². The number of nitrogens with zero attached hydrogens (tertiary/aromatic N) is 4. The number of ether oxygens (including phenoxy) is 1. The van der Waals surface area contributed by atoms with Crippen LogP contribution in [0.1, 0.15) is 95.5 Å². The molecule has 3 aliphatic rings. The number of para-hydroxylation sites is 1. The van der Waals surface area contributed by atoms with Crippen molar-refractivity contribution in [2.75, 3.05) is 38.1 Å². The molecule has 0 unspecified atom stereocenters. The van der Waals surface area contributed by atoms with E-state index in [2.05, 4.69) is 26.3 Å². The first kappa shape index (κ1) is 56.7. The van der Waals surface area contributed by atoms with Crippen LogP contribution in [0.25, 0.3) is 21.2 Å². The Morgan fingerprint density at radius 3 is 2.42 bits per heavy atom. The lowest BCUT2D eigenvalue weighted by molar-refractivity contribution is -0.143. The number of thiazole rings is 1. The quantitative estimate of drug-likeness (QED) is 0.0423. The normalized spacial score (nSPS) is 17.6. The second kappa shape index (κ2) is 25.9. The van der Waals surface area contributed by atoms with E-state index in [0.29, 0.717) is 55.6 Å². The number of hydrogen-bond acceptors (Lipinski definition) is 12. The van der Waals surface area contributed by atoms with Gasteiger partial charge in [0.25, 0.3) is 11.8 Å². The fourth-order valence-electron chi connectivity index (χ4n) is 11.1. The molecule has 19 heteroatoms. The minimum atomic E-state index is -0.988. The van der Waals surface area contributed by atoms with Gasteiger partial charge in [-0.05, 0) is 103 Å². The number of β-amino-alcohol motifs (C(OH)–C–C–N with tert-alkyl or cyclic N) is 1. The van der Waals surface area contributed by atoms with E-state index >= 15 is 0 Å². The highest BCUT2D eigenvalue weighted by molar-refractivity contribution is 7.13. The van der Waals surface area contributed by atoms with E-state index in [4.69, 9.17) is 10.5 Å². The lowest BCUT2D eigenvalue weighted by atomic mass is 10.0. The number of anilines is 1. The number of nitrogens with two attached hydrogens (primary N) is 1. The molecule has 80 heavy (non-hydrogen) atoms. The van der Waals surface area contributed by atoms with Crippen molar-refractivity contribution in [2.45, 2.75) is 109 Å². The lowest BCUT2D eigenvalue weighted by Crippen LogP contribution is -2.55. The van der Waals surface area contributed by atoms with Crippen LogP contribution in [-0.4, -0.2) is 129 Å². The van der Waals surface area contributed by atoms with Crippen LogP contribution in [-0.2, 0) is 43.5 Å². The first-order valence-corrected chi connectivity index (χ1v) is 28.3. The van der Waals surface area contributed by atoms with Gasteiger partial charge in [0.05, 0.1) is 46.4 Å². The van der Waals surface area contributed by atoms with Crippen molar-refractivity contribution in [2.24, 2.45) is 11.7 Å². The molecule has 7 N–H and O–H groups in total. The molecule has 0 bridgehead atoms. The van der Waals surface area contributed by atoms with Gasteiger partial charge in [-0.3, -0.25) is 33.6 Å². The molecule has 2 fully saturated rings. The average Bonchev–Trinajstić information content (AvgIpc) is 4.29. The van der Waals surface area contributed by atoms with E-state index in [1.807, 2.05) is 93.6 Å². The van der Waals surface area contributed by atoms with E-state index in [-0.39, 0.29) is 81.0 Å². The topological polar surface area (TPSA) is 246 Å². The third kappa shape index (κ3) is 12.9. The van der Waals surface area contributed by atoms with Gasteiger partial charge in [0, 0.05) is 43.7 Å². The Hall–Kier alpha value is -8.00. The number of benzene rings is 5. The number of aromatic nitrogens is 1. The summed E-state index contributed by atoms with van der Waals surface area (Å²) < 4.78 is 6.34. The number of aryl methyl sites for hydroxylation is 1. The van der Waals surface area contributed by atoms with E-state index in [1.54, 1.807) is 51.7 Å². The van der Waals surface area contributed by atoms with Crippen LogP contribution in [0, 0.1) is 12.8 Å². The number of nitrogens with one attached hydrogen (secondary N) is 4. The number of unbranched alkanes of at least 4 members (excludes halogenated alkanes) is 1. The molecule has 9 rings (SSSR count). The van der Waals surface area contributed by atoms with Crippen LogP contribution >= 0.6 is 11.3 Å². The number of fused-ring (bicyclic) bond motifs is 2. The highest BCUT2D eigenvalue weighted by Gasteiger charge is 2.46. The predicted molar refractivity (Wildman–Crippen MR) is 305 cm³/mol. The standard InChI is InChI=1S/C61H69N9O9S/c1-37(2)54(70-34-43-15-5-7-19-46(43)60(70)77)61(78)69-35-44(71)32-51(69)58(75)64-33-42-25-24-41(55-38(3)65-36-80-55)30-52(42)79-29-27-63-56(73)47-20-8-9-21-48(47)66-57(74)49(22-10-11-26-62)67-59(76)50-23-13-28-68(50)53(72)31-40-17-12-16-39-14-4-6-18-45(39)40/h4-9,12,14-21,24-25,30,36-37,44,49-51,54,71H,10-11,13,22-23,26-29,31-35,62H2,1-3H3,(H,63,73)(H,64,75)(H,66,74)(H,67,76)/t44-,49-,50-,51-,54-/m0/s1. The summed E-state index contributed by atoms with van der Waals surface area (Å²) in [5, 5.41) is 24.5. The number of carbonyl (C=O) groups is 7. The minimum Gasteiger partial charge on any atom is -0.491 e. The van der Waals surface area contributed by atoms with Crippen molar-refractivity contribution in [1.29, 1.82) is 0 Å². The average molecular weight is 1100 g/mol. The van der Waals surface area contributed by atoms with Gasteiger partial charge in [0.15, 0.2) is 0 Å². The Morgan fingerprint density at radius 2 is 1.64 bits per heavy atom. The van der Waals surface area contributed by atoms with Crippen LogP contribution in [0.5, 0.6) is 5.75 Å². The first-order valence-electron chi connectivity index (χ1n) is 27.5. The molecule has 0 spiro atoms. The van der Waals surface area contributed by atoms with Gasteiger partial charge in [-0.2, -0.15) is 0 Å². The Balaban J connectivity index is 0.826. The fraction of sp³-hybridized carbons (Fsp3) is 0.377. The van der Waals surface area contributed by atoms with Gasteiger partial charge >= 0.3 is 0 Å². The molecule has 6 aromatic rings. The SMILES string of the molecule is Cc1ncsc1-c1ccc(CNC(=O)[C@@H]2C[C@H](O)CN2C(=O)[C@H](C(C)C)N2Cc3ccccc3C2=O)c(OCCNC(=O)c2ccccc2NC(=O)[C@H](CCCCN)NC(=O)[C@@H]2CCCN2C(=O)Cc2cccc3ccccc23)c1. The van der Waals surface area contributed by atoms with Crippen molar-refractivity contribution in [1.82, 2.24) is 35.6 Å². The Morgan fingerprint density at radius 1 is 0.863 bits per heavy atom. The summed E-state index contributed by atoms with van der Waals surface area (Å²) >= 11 is 1.47. The number of likely N-dealkylation sites (tertiary alicyclic amines) is 2. The molecule has 0 radical (unpaired) electrons. The van der Waals surface area contributed by atoms with Gasteiger partial charge in [-0.1, -0.05) is 98.8 Å². The van der Waals surface area contributed by atoms with Gasteiger partial charge in [-0.15, -0.1) is 11.3 Å². The van der Waals surface area contributed by atoms with E-state index < -0.39 is 59.8 Å². The van der Waals surface area contributed by atoms with Crippen molar-refractivity contribution < 1.29 is 43.4 Å². The van der Waals surface area contributed by atoms with Crippen LogP contribution in [0.4, 0.5) is 5.69 Å². The Labute approximate surface area is 469 Å². The van der Waals surface area contributed by atoms with Crippen molar-refractivity contribution in [3.63, 3.8) is 0 Å². The molecule has 5 atom stereocenters. The summed E-state index contributed by atoms with van der Waals surface area (Å²) in [6, 6.07) is 29.6. The van der Waals surface area contributed by atoms with Gasteiger partial charge < -0.3 is 51.5 Å². The zero-order chi connectivity index (χ0) is 56.5. The number of aliphatic hydroxyl groups is 1. The molecule has 418 valence electrons. The summed E-state index contributed by atoms with van der Waals surface area (Å²) in [6.07, 6.45) is 1.78. The molecular weight excluding hydrogens is 1030 g/mol. The van der Waals surface area contributed by atoms with Crippen molar-refractivity contribution in [3.05, 3.63) is 148 Å². The second-order valence-corrected chi connectivity index (χ2v) is 21.9. The van der Waals surface area contributed by atoms with Gasteiger partial charge in [0.1, 0.15) is 36.5 Å². The van der Waals surface area contributed by atoms with Crippen LogP contribution < -0.4 is 31.7 Å². The van der Waals surface area contributed by atoms with E-state index in [1.165, 1.54) is 16.2 Å². The predicted octanol–water partition coefficient (Wildman–Crippen LogP) is 6.13. The molecule has 2 saturated heterocycles. The number of amides is 7. The maximum atomic E-state index is 14.4. The number of hydrogen-bond donors (Lipinski definition) is 6. The van der Waals surface area contributed by atoms with Gasteiger partial charge in [-0.25, -0.2) is 4.98 Å². The van der Waals surface area contributed by atoms with Crippen molar-refractivity contribution >= 4 is 69.1 Å². The third-order valence-electron chi connectivity index (χ3n) is 15.2. The van der Waals surface area contributed by atoms with Crippen LogP contribution in [0.2, 0.25) is 0 Å². The molecule has 0 aliphatic carbocycles. The monoisotopic (exact) mass is 1100 g/mol. The highest BCUT2D eigenvalue weighted by atomic mass is 32.1. The summed E-state index contributed by atoms with van der Waals surface area (Å²) in [5.41, 5.74) is 12.5. The van der Waals surface area contributed by atoms with E-state index in [9.17, 15) is 38.7 Å². The molecule has 7 amide bonds. The summed E-state index contributed by atoms with van der Waals surface area (Å²) in [4.78, 5) is 108. The Bertz CT molecular complexity index is 3270. The minimum absolute atomic E-state index is 0.00824. The summed E-state index contributed by atoms with van der Waals surface area (Å²) in [6.45, 7) is 6.74. The fourth-order valence-corrected chi connectivity index (χ4v) is 11.9. The molecule has 3 aliphatic heterocycles. The second-order valence-electron chi connectivity index (χ2n) is 21.0. The maximum absolute atomic E-state index is 14.4. The molecule has 18 nitrogen and oxygen atoms in total. The maximum Gasteiger partial charge on any atom is 0.255 e. The number of carbonyl (C=O) groups excluding carboxylic acids is 7. The van der Waals surface area contributed by atoms with Gasteiger partial charge in [0.2, 0.25) is 29.5 Å². The summed E-state index contributed by atoms with van der Waals surface area (Å²) in [5.74, 6) is -2.55.